The number of carbonyl (C=O) groups excluding carboxylic acids is 2. The third-order valence-electron chi connectivity index (χ3n) is 29.7. The minimum Gasteiger partial charge on any atom is -0.459 e. The van der Waals surface area contributed by atoms with Gasteiger partial charge in [0, 0.05) is 121 Å². The SMILES string of the molecule is CCCc1nc2cc(-c3c(C)noc3C)ccn2c1NC12CC3CC(CC(C3)C1)C2.CCCc1nc2cc(-c3c(C)noc3C)ccn2c1NCCN1CCOCC1.CCCc1nc2cc(-c3ccc4c(c3)CN(C)C(=O)N4)ccn2c1NC1CCCCC1.Cc1ccc(-c2nc3cc(-c4c(C)noc4C)ccn3c2NCC(=O)OC(C)(C)C)cc1.Cc1ccc(-c2nc3cc(C)cc(C)n3c2NC(C)(C)CC(C)(C)C)cc1. The monoisotopic (exact) mass is 2000 g/mol. The highest BCUT2D eigenvalue weighted by Gasteiger charge is 2.52. The van der Waals surface area contributed by atoms with Crippen LogP contribution in [-0.4, -0.2) is 160 Å². The highest BCUT2D eigenvalue weighted by atomic mass is 16.6. The molecule has 5 aliphatic carbocycles. The first-order valence-electron chi connectivity index (χ1n) is 53.9. The van der Waals surface area contributed by atoms with E-state index in [1.54, 1.807) is 4.90 Å². The summed E-state index contributed by atoms with van der Waals surface area (Å²) in [5.41, 5.74) is 30.2. The molecule has 780 valence electrons. The van der Waals surface area contributed by atoms with Crippen LogP contribution in [-0.2, 0) is 40.1 Å². The number of esters is 1. The molecule has 2 aliphatic heterocycles. The van der Waals surface area contributed by atoms with Gasteiger partial charge in [0.15, 0.2) is 0 Å². The molecule has 0 unspecified atom stereocenters. The number of nitrogens with zero attached hydrogens (tertiary/aromatic N) is 15. The molecule has 0 spiro atoms. The predicted octanol–water partition coefficient (Wildman–Crippen LogP) is 26.8. The van der Waals surface area contributed by atoms with E-state index < -0.39 is 5.60 Å². The van der Waals surface area contributed by atoms with Crippen molar-refractivity contribution in [1.82, 2.24) is 72.2 Å². The average Bonchev–Trinajstić information content (AvgIpc) is 1.35. The Morgan fingerprint density at radius 3 is 1.44 bits per heavy atom. The van der Waals surface area contributed by atoms with Crippen molar-refractivity contribution in [2.75, 3.05) is 84.9 Å². The summed E-state index contributed by atoms with van der Waals surface area (Å²) in [5.74, 6) is 10.3. The summed E-state index contributed by atoms with van der Waals surface area (Å²) in [6.07, 6.45) is 30.6. The van der Waals surface area contributed by atoms with Gasteiger partial charge >= 0.3 is 12.0 Å². The number of ether oxygens (including phenoxy) is 2. The number of amides is 2. The zero-order valence-electron chi connectivity index (χ0n) is 91.2. The fourth-order valence-electron chi connectivity index (χ4n) is 23.9. The van der Waals surface area contributed by atoms with Crippen molar-refractivity contribution in [3.63, 3.8) is 0 Å². The minimum atomic E-state index is -0.540. The third kappa shape index (κ3) is 23.7. The molecular weight excluding hydrogens is 1850 g/mol. The molecular formula is C120H153N21O7. The summed E-state index contributed by atoms with van der Waals surface area (Å²) in [5, 5.41) is 33.9. The van der Waals surface area contributed by atoms with E-state index in [-0.39, 0.29) is 35.0 Å². The van der Waals surface area contributed by atoms with Gasteiger partial charge in [-0.3, -0.25) is 31.7 Å². The number of imidazole rings is 5. The number of benzene rings is 3. The Morgan fingerprint density at radius 2 is 0.939 bits per heavy atom. The number of anilines is 6. The van der Waals surface area contributed by atoms with Crippen LogP contribution in [0.5, 0.6) is 0 Å². The Morgan fingerprint density at radius 1 is 0.486 bits per heavy atom. The number of pyridine rings is 5. The molecule has 13 aromatic heterocycles. The van der Waals surface area contributed by atoms with Gasteiger partial charge in [-0.25, -0.2) is 29.7 Å². The summed E-state index contributed by atoms with van der Waals surface area (Å²) < 4.78 is 37.8. The normalized spacial score (nSPS) is 17.3. The Labute approximate surface area is 871 Å². The number of hydrogen-bond donors (Lipinski definition) is 6. The number of carbonyl (C=O) groups is 2. The van der Waals surface area contributed by atoms with Crippen molar-refractivity contribution in [2.45, 2.75) is 290 Å². The molecule has 148 heavy (non-hydrogen) atoms. The predicted molar refractivity (Wildman–Crippen MR) is 595 cm³/mol. The molecule has 6 N–H and O–H groups in total. The first kappa shape index (κ1) is 104. The summed E-state index contributed by atoms with van der Waals surface area (Å²) >= 11 is 0. The Balaban J connectivity index is 0.000000121. The standard InChI is InChI=1S/C25H31N5O.C25H28N4O3.C25H32N4O.C24H33N3.C21H29N5O2/c1-3-7-22-24(26-20-8-5-4-6-9-20)30-13-12-18(15-23(30)27-22)17-10-11-21-19(14-17)16-29(2)25(31)28-21;1-15-7-9-18(10-8-15)23-24(26-14-21(30)31-25(4,5)6)29-12-11-19(13-20(29)27-23)22-16(2)28-32-17(22)3;1-4-5-21-24(27-25-12-17-8-18(13-25)10-19(9-17)14-25)29-7-6-20(11-22(29)26-21)23-15(2)28-30-16(23)3;1-16-9-11-19(12-10-16)21-22(26-24(7,8)15-23(4,5)6)27-18(3)13-17(2)14-20(27)25-21;1-4-5-18-21(22-7-9-25-10-12-27-13-11-25)26-8-6-17(14-19(26)23-18)20-15(2)24-28-16(20)3/h10-15,20,26H,3-9,16H2,1-2H3,(H,28,31);7-13,26H,14H2,1-6H3;6-7,11,17-19,27H,4-5,8-10,12-14H2,1-3H3;9-14,26H,15H2,1-8H3;6,8,14,22H,4-5,7,9-13H2,1-3H3. The fourth-order valence-corrected chi connectivity index (χ4v) is 23.9. The summed E-state index contributed by atoms with van der Waals surface area (Å²) in [6, 6.07) is 44.9. The number of hydrogen-bond acceptors (Lipinski definition) is 21. The van der Waals surface area contributed by atoms with Crippen molar-refractivity contribution in [3.05, 3.63) is 232 Å². The maximum Gasteiger partial charge on any atom is 0.325 e. The number of urea groups is 1. The van der Waals surface area contributed by atoms with Crippen LogP contribution < -0.4 is 31.9 Å². The largest absolute Gasteiger partial charge is 0.459 e. The number of nitrogens with one attached hydrogen (secondary N) is 6. The quantitative estimate of drug-likeness (QED) is 0.0275. The smallest absolute Gasteiger partial charge is 0.325 e. The minimum absolute atomic E-state index is 0.0372. The number of morpholine rings is 1. The Kier molecular flexibility index (Phi) is 31.1. The maximum absolute atomic E-state index is 12.3. The molecule has 1 saturated heterocycles. The molecule has 4 bridgehead atoms. The van der Waals surface area contributed by atoms with Crippen molar-refractivity contribution >= 4 is 75.0 Å². The van der Waals surface area contributed by atoms with E-state index in [1.165, 1.54) is 116 Å². The van der Waals surface area contributed by atoms with Crippen molar-refractivity contribution in [2.24, 2.45) is 23.2 Å². The van der Waals surface area contributed by atoms with E-state index in [9.17, 15) is 9.59 Å². The Hall–Kier alpha value is -13.6. The Bertz CT molecular complexity index is 7320. The molecule has 28 heteroatoms. The van der Waals surface area contributed by atoms with Gasteiger partial charge in [-0.1, -0.05) is 161 Å². The zero-order valence-corrected chi connectivity index (χ0v) is 91.2. The molecule has 6 fully saturated rings. The number of fused-ring (bicyclic) bond motifs is 6. The van der Waals surface area contributed by atoms with Crippen LogP contribution in [0.25, 0.3) is 95.3 Å². The molecule has 16 aromatic rings. The molecule has 23 rings (SSSR count). The van der Waals surface area contributed by atoms with Crippen molar-refractivity contribution < 1.29 is 32.6 Å². The van der Waals surface area contributed by atoms with Gasteiger partial charge in [0.1, 0.15) is 98.1 Å². The van der Waals surface area contributed by atoms with Crippen LogP contribution in [0.15, 0.2) is 166 Å². The topological polar surface area (TPSA) is 296 Å². The second kappa shape index (κ2) is 44.1. The van der Waals surface area contributed by atoms with E-state index in [2.05, 4.69) is 250 Å². The first-order valence-corrected chi connectivity index (χ1v) is 53.9. The van der Waals surface area contributed by atoms with Gasteiger partial charge in [-0.05, 0) is 316 Å². The van der Waals surface area contributed by atoms with Gasteiger partial charge in [0.25, 0.3) is 0 Å². The summed E-state index contributed by atoms with van der Waals surface area (Å²) in [4.78, 5) is 53.3. The lowest BCUT2D eigenvalue weighted by molar-refractivity contribution is -0.152. The van der Waals surface area contributed by atoms with E-state index in [4.69, 9.17) is 48.0 Å². The molecule has 15 heterocycles. The highest BCUT2D eigenvalue weighted by molar-refractivity contribution is 5.93. The molecule has 5 saturated carbocycles. The van der Waals surface area contributed by atoms with E-state index in [0.29, 0.717) is 12.6 Å². The molecule has 7 aliphatic rings. The number of aromatic nitrogens is 13. The molecule has 2 amide bonds. The van der Waals surface area contributed by atoms with Gasteiger partial charge in [-0.15, -0.1) is 0 Å². The number of aryl methyl sites for hydroxylation is 13. The summed E-state index contributed by atoms with van der Waals surface area (Å²) in [7, 11) is 1.82. The van der Waals surface area contributed by atoms with Gasteiger partial charge < -0.3 is 59.8 Å². The molecule has 0 radical (unpaired) electrons. The molecule has 0 atom stereocenters. The van der Waals surface area contributed by atoms with E-state index in [0.717, 1.165) is 266 Å². The summed E-state index contributed by atoms with van der Waals surface area (Å²) in [6.45, 7) is 50.1. The van der Waals surface area contributed by atoms with Crippen LogP contribution >= 0.6 is 0 Å². The van der Waals surface area contributed by atoms with Crippen LogP contribution in [0.1, 0.15) is 252 Å². The van der Waals surface area contributed by atoms with Crippen molar-refractivity contribution in [3.8, 4) is 67.0 Å². The van der Waals surface area contributed by atoms with Gasteiger partial charge in [0.2, 0.25) is 0 Å². The second-order valence-corrected chi connectivity index (χ2v) is 45.4. The van der Waals surface area contributed by atoms with Gasteiger partial charge in [-0.2, -0.15) is 0 Å². The fraction of sp³-hybridized carbons (Fsp3) is 0.467. The third-order valence-corrected chi connectivity index (χ3v) is 29.7. The number of rotatable bonds is 26. The van der Waals surface area contributed by atoms with Crippen LogP contribution in [0.3, 0.4) is 0 Å². The lowest BCUT2D eigenvalue weighted by atomic mass is 9.53. The van der Waals surface area contributed by atoms with Gasteiger partial charge in [0.05, 0.1) is 47.4 Å². The zero-order chi connectivity index (χ0) is 104. The van der Waals surface area contributed by atoms with Crippen LogP contribution in [0, 0.1) is 92.4 Å². The molecule has 28 nitrogen and oxygen atoms in total. The van der Waals surface area contributed by atoms with E-state index in [1.807, 2.05) is 129 Å². The van der Waals surface area contributed by atoms with Crippen LogP contribution in [0.4, 0.5) is 39.6 Å². The van der Waals surface area contributed by atoms with Crippen LogP contribution in [0.2, 0.25) is 0 Å². The second-order valence-electron chi connectivity index (χ2n) is 45.4. The lowest BCUT2D eigenvalue weighted by Crippen LogP contribution is -2.55. The lowest BCUT2D eigenvalue weighted by Gasteiger charge is -2.57. The molecule has 3 aromatic carbocycles. The van der Waals surface area contributed by atoms with Crippen molar-refractivity contribution in [1.29, 1.82) is 0 Å². The van der Waals surface area contributed by atoms with E-state index >= 15 is 0 Å². The maximum atomic E-state index is 12.3. The average molecular weight is 2000 g/mol. The highest BCUT2D eigenvalue weighted by Crippen LogP contribution is 2.57. The first-order chi connectivity index (χ1) is 70.9.